The van der Waals surface area contributed by atoms with Gasteiger partial charge in [-0.05, 0) is 46.5 Å². The Balaban J connectivity index is 1.32. The Kier molecular flexibility index (Phi) is 7.62. The molecule has 0 unspecified atom stereocenters. The fraction of sp³-hybridized carbons (Fsp3) is 0.308. The maximum Gasteiger partial charge on any atom is 0.173 e. The minimum Gasteiger partial charge on any atom is -0.384 e. The van der Waals surface area contributed by atoms with E-state index in [2.05, 4.69) is 83.0 Å². The zero-order chi connectivity index (χ0) is 33.0. The first-order valence-corrected chi connectivity index (χ1v) is 15.8. The number of benzene rings is 3. The molecule has 6 aromatic rings. The molecule has 3 aromatic carbocycles. The summed E-state index contributed by atoms with van der Waals surface area (Å²) in [5.74, 6) is 0.873. The molecule has 3 aromatic heterocycles. The van der Waals surface area contributed by atoms with E-state index in [9.17, 15) is 0 Å². The molecule has 236 valence electrons. The molecule has 3 heterocycles. The number of halogens is 1. The van der Waals surface area contributed by atoms with Crippen molar-refractivity contribution in [1.82, 2.24) is 15.0 Å². The zero-order valence-electron chi connectivity index (χ0n) is 27.8. The van der Waals surface area contributed by atoms with Gasteiger partial charge in [0.25, 0.3) is 0 Å². The van der Waals surface area contributed by atoms with E-state index in [0.29, 0.717) is 23.6 Å². The van der Waals surface area contributed by atoms with Crippen LogP contribution in [0.2, 0.25) is 0 Å². The number of fused-ring (bicyclic) bond motifs is 3. The Morgan fingerprint density at radius 2 is 1.30 bits per heavy atom. The first-order valence-electron chi connectivity index (χ1n) is 15.8. The largest absolute Gasteiger partial charge is 0.384 e. The van der Waals surface area contributed by atoms with E-state index in [-0.39, 0.29) is 22.5 Å². The number of rotatable bonds is 7. The van der Waals surface area contributed by atoms with Crippen molar-refractivity contribution in [1.29, 1.82) is 0 Å². The Labute approximate surface area is 270 Å². The van der Waals surface area contributed by atoms with Crippen LogP contribution in [0.3, 0.4) is 0 Å². The maximum atomic E-state index is 15.8. The molecule has 0 atom stereocenters. The number of pyridine rings is 3. The Morgan fingerprint density at radius 3 is 2.02 bits per heavy atom. The number of hydrogen-bond donors (Lipinski definition) is 3. The van der Waals surface area contributed by atoms with Gasteiger partial charge in [0.2, 0.25) is 0 Å². The zero-order valence-corrected chi connectivity index (χ0v) is 27.8. The molecule has 6 rings (SSSR count). The summed E-state index contributed by atoms with van der Waals surface area (Å²) in [6, 6.07) is 26.1. The van der Waals surface area contributed by atoms with E-state index >= 15 is 4.39 Å². The van der Waals surface area contributed by atoms with Crippen LogP contribution in [-0.4, -0.2) is 21.5 Å². The van der Waals surface area contributed by atoms with Crippen LogP contribution >= 0.6 is 0 Å². The Morgan fingerprint density at radius 1 is 0.652 bits per heavy atom. The summed E-state index contributed by atoms with van der Waals surface area (Å²) in [5, 5.41) is 7.88. The second kappa shape index (κ2) is 11.2. The monoisotopic (exact) mass is 614 g/mol. The van der Waals surface area contributed by atoms with Crippen LogP contribution in [0.5, 0.6) is 0 Å². The summed E-state index contributed by atoms with van der Waals surface area (Å²) in [4.78, 5) is 14.1. The third-order valence-corrected chi connectivity index (χ3v) is 8.93. The highest BCUT2D eigenvalue weighted by Crippen LogP contribution is 2.37. The van der Waals surface area contributed by atoms with Gasteiger partial charge < -0.3 is 16.8 Å². The van der Waals surface area contributed by atoms with Gasteiger partial charge >= 0.3 is 0 Å². The summed E-state index contributed by atoms with van der Waals surface area (Å²) in [6.45, 7) is 15.4. The van der Waals surface area contributed by atoms with Gasteiger partial charge in [-0.25, -0.2) is 19.3 Å². The summed E-state index contributed by atoms with van der Waals surface area (Å²) in [5.41, 5.74) is 16.6. The molecule has 0 bridgehead atoms. The van der Waals surface area contributed by atoms with Gasteiger partial charge in [-0.3, -0.25) is 0 Å². The summed E-state index contributed by atoms with van der Waals surface area (Å²) >= 11 is 0. The molecule has 0 saturated carbocycles. The standard InChI is InChI=1S/C39H43FN6/c1-37(2,3)34-27-13-9-8-12-26(27)33(40)36(46-34)43-22-39(6,7)35-25-17-16-23(18-24(25)19-31(41)45-35)21-38(4,5)29-20-32(42)44-30-15-11-10-14-28(29)30/h8-20H,21-22H2,1-7H3,(H2,41,45)(H2,42,44)(H,43,46). The highest BCUT2D eigenvalue weighted by Gasteiger charge is 2.29. The van der Waals surface area contributed by atoms with Gasteiger partial charge in [-0.2, -0.15) is 0 Å². The molecular formula is C39H43FN6. The van der Waals surface area contributed by atoms with Gasteiger partial charge in [0.05, 0.1) is 16.9 Å². The molecule has 0 fully saturated rings. The topological polar surface area (TPSA) is 103 Å². The van der Waals surface area contributed by atoms with Gasteiger partial charge in [-0.15, -0.1) is 0 Å². The Bertz CT molecular complexity index is 2110. The molecule has 6 nitrogen and oxygen atoms in total. The summed E-state index contributed by atoms with van der Waals surface area (Å²) in [6.07, 6.45) is 0.794. The number of para-hydroxylation sites is 1. The van der Waals surface area contributed by atoms with Gasteiger partial charge in [0.15, 0.2) is 11.6 Å². The third kappa shape index (κ3) is 5.82. The van der Waals surface area contributed by atoms with Crippen LogP contribution in [0.4, 0.5) is 21.8 Å². The number of nitrogens with zero attached hydrogens (tertiary/aromatic N) is 3. The van der Waals surface area contributed by atoms with E-state index in [1.807, 2.05) is 54.6 Å². The molecular weight excluding hydrogens is 571 g/mol. The predicted octanol–water partition coefficient (Wildman–Crippen LogP) is 8.84. The van der Waals surface area contributed by atoms with Crippen molar-refractivity contribution >= 4 is 49.9 Å². The molecule has 0 amide bonds. The van der Waals surface area contributed by atoms with Gasteiger partial charge in [0, 0.05) is 38.9 Å². The molecule has 0 aliphatic heterocycles. The molecule has 7 heteroatoms. The smallest absolute Gasteiger partial charge is 0.173 e. The Hall–Kier alpha value is -4.78. The lowest BCUT2D eigenvalue weighted by molar-refractivity contribution is 0.527. The normalized spacial score (nSPS) is 12.7. The highest BCUT2D eigenvalue weighted by atomic mass is 19.1. The molecule has 0 saturated heterocycles. The van der Waals surface area contributed by atoms with Crippen LogP contribution in [-0.2, 0) is 22.7 Å². The molecule has 0 spiro atoms. The fourth-order valence-corrected chi connectivity index (χ4v) is 6.62. The van der Waals surface area contributed by atoms with E-state index < -0.39 is 5.41 Å². The van der Waals surface area contributed by atoms with E-state index in [4.69, 9.17) is 21.4 Å². The maximum absolute atomic E-state index is 15.8. The van der Waals surface area contributed by atoms with Gasteiger partial charge in [-0.1, -0.05) is 109 Å². The van der Waals surface area contributed by atoms with Crippen LogP contribution in [0.1, 0.15) is 71.0 Å². The highest BCUT2D eigenvalue weighted by molar-refractivity contribution is 5.90. The minimum atomic E-state index is -0.496. The van der Waals surface area contributed by atoms with Crippen molar-refractivity contribution in [2.45, 2.75) is 71.1 Å². The quantitative estimate of drug-likeness (QED) is 0.166. The second-order valence-electron chi connectivity index (χ2n) is 14.8. The molecule has 46 heavy (non-hydrogen) atoms. The van der Waals surface area contributed by atoms with Crippen LogP contribution < -0.4 is 16.8 Å². The molecule has 0 aliphatic carbocycles. The minimum absolute atomic E-state index is 0.211. The van der Waals surface area contributed by atoms with Crippen molar-refractivity contribution in [2.75, 3.05) is 23.3 Å². The number of hydrogen-bond acceptors (Lipinski definition) is 6. The van der Waals surface area contributed by atoms with Crippen LogP contribution in [0.25, 0.3) is 32.4 Å². The van der Waals surface area contributed by atoms with Gasteiger partial charge in [0.1, 0.15) is 11.6 Å². The fourth-order valence-electron chi connectivity index (χ4n) is 6.62. The summed E-state index contributed by atoms with van der Waals surface area (Å²) in [7, 11) is 0. The summed E-state index contributed by atoms with van der Waals surface area (Å²) < 4.78 is 15.8. The number of nitrogens with two attached hydrogens (primary N) is 2. The average molecular weight is 615 g/mol. The van der Waals surface area contributed by atoms with Crippen LogP contribution in [0, 0.1) is 5.82 Å². The lowest BCUT2D eigenvalue weighted by Gasteiger charge is -2.29. The number of aromatic nitrogens is 3. The lowest BCUT2D eigenvalue weighted by atomic mass is 9.77. The van der Waals surface area contributed by atoms with E-state index in [1.165, 1.54) is 11.1 Å². The predicted molar refractivity (Wildman–Crippen MR) is 191 cm³/mol. The number of nitrogen functional groups attached to an aromatic ring is 2. The molecule has 0 aliphatic rings. The van der Waals surface area contributed by atoms with Crippen molar-refractivity contribution < 1.29 is 4.39 Å². The first kappa shape index (κ1) is 31.2. The van der Waals surface area contributed by atoms with Crippen molar-refractivity contribution in [3.05, 3.63) is 107 Å². The van der Waals surface area contributed by atoms with Crippen molar-refractivity contribution in [2.24, 2.45) is 0 Å². The number of anilines is 3. The van der Waals surface area contributed by atoms with E-state index in [0.717, 1.165) is 44.9 Å². The number of nitrogens with one attached hydrogen (secondary N) is 1. The second-order valence-corrected chi connectivity index (χ2v) is 14.8. The van der Waals surface area contributed by atoms with E-state index in [1.54, 1.807) is 0 Å². The third-order valence-electron chi connectivity index (χ3n) is 8.93. The van der Waals surface area contributed by atoms with Crippen LogP contribution in [0.15, 0.2) is 78.9 Å². The van der Waals surface area contributed by atoms with Crippen molar-refractivity contribution in [3.8, 4) is 0 Å². The molecule has 0 radical (unpaired) electrons. The first-order chi connectivity index (χ1) is 21.6. The lowest BCUT2D eigenvalue weighted by Crippen LogP contribution is -2.30. The van der Waals surface area contributed by atoms with Crippen molar-refractivity contribution in [3.63, 3.8) is 0 Å². The SMILES string of the molecule is CC(C)(C)c1nc(NCC(C)(C)c2nc(N)cc3cc(CC(C)(C)c4cc(N)nc5ccccc45)ccc23)c(F)c2ccccc12. The molecule has 5 N–H and O–H groups in total. The average Bonchev–Trinajstić information content (AvgIpc) is 2.99.